The molecule has 23 heavy (non-hydrogen) atoms. The Kier molecular flexibility index (Phi) is 4.97. The summed E-state index contributed by atoms with van der Waals surface area (Å²) >= 11 is 0. The maximum absolute atomic E-state index is 12.6. The lowest BCUT2D eigenvalue weighted by molar-refractivity contribution is -0.134. The molecule has 1 unspecified atom stereocenters. The van der Waals surface area contributed by atoms with Crippen molar-refractivity contribution in [1.82, 2.24) is 25.1 Å². The van der Waals surface area contributed by atoms with E-state index in [1.165, 1.54) is 6.33 Å². The van der Waals surface area contributed by atoms with Crippen molar-refractivity contribution in [3.63, 3.8) is 0 Å². The summed E-state index contributed by atoms with van der Waals surface area (Å²) in [6, 6.07) is 7.85. The number of aromatic nitrogens is 4. The Hall–Kier alpha value is -2.28. The van der Waals surface area contributed by atoms with E-state index in [1.54, 1.807) is 4.68 Å². The van der Waals surface area contributed by atoms with Crippen LogP contribution in [0.4, 0.5) is 0 Å². The van der Waals surface area contributed by atoms with E-state index >= 15 is 0 Å². The smallest absolute Gasteiger partial charge is 0.227 e. The van der Waals surface area contributed by atoms with Gasteiger partial charge in [0.2, 0.25) is 5.91 Å². The molecule has 1 N–H and O–H groups in total. The number of carbonyl (C=O) groups is 1. The Morgan fingerprint density at radius 2 is 2.09 bits per heavy atom. The summed E-state index contributed by atoms with van der Waals surface area (Å²) in [5.74, 6) is 0.137. The number of hydrogen-bond donors (Lipinski definition) is 1. The number of amides is 1. The number of carbonyl (C=O) groups excluding carboxylic acids is 1. The van der Waals surface area contributed by atoms with Gasteiger partial charge in [0.25, 0.3) is 0 Å². The molecule has 0 radical (unpaired) electrons. The van der Waals surface area contributed by atoms with Crippen LogP contribution in [-0.4, -0.2) is 55.3 Å². The summed E-state index contributed by atoms with van der Waals surface area (Å²) in [5, 5.41) is 20.2. The second-order valence-corrected chi connectivity index (χ2v) is 5.85. The molecule has 0 bridgehead atoms. The highest BCUT2D eigenvalue weighted by molar-refractivity contribution is 5.79. The van der Waals surface area contributed by atoms with E-state index in [1.807, 2.05) is 29.2 Å². The zero-order valence-electron chi connectivity index (χ0n) is 13.0. The number of rotatable bonds is 5. The van der Waals surface area contributed by atoms with Crippen LogP contribution in [0.3, 0.4) is 0 Å². The maximum Gasteiger partial charge on any atom is 0.227 e. The van der Waals surface area contributed by atoms with E-state index in [2.05, 4.69) is 15.5 Å². The molecule has 122 valence electrons. The zero-order valence-corrected chi connectivity index (χ0v) is 13.0. The van der Waals surface area contributed by atoms with Gasteiger partial charge < -0.3 is 10.0 Å². The van der Waals surface area contributed by atoms with Crippen molar-refractivity contribution in [3.05, 3.63) is 36.2 Å². The second-order valence-electron chi connectivity index (χ2n) is 5.85. The molecular formula is C16H21N5O2. The molecule has 7 nitrogen and oxygen atoms in total. The van der Waals surface area contributed by atoms with Gasteiger partial charge in [-0.05, 0) is 53.8 Å². The van der Waals surface area contributed by atoms with Crippen molar-refractivity contribution in [2.45, 2.75) is 38.1 Å². The molecule has 1 amide bonds. The van der Waals surface area contributed by atoms with Gasteiger partial charge in [-0.1, -0.05) is 12.1 Å². The molecule has 0 saturated carbocycles. The maximum atomic E-state index is 12.6. The molecule has 1 saturated heterocycles. The molecule has 1 fully saturated rings. The lowest BCUT2D eigenvalue weighted by atomic mass is 9.98. The first-order valence-electron chi connectivity index (χ1n) is 8.00. The minimum Gasteiger partial charge on any atom is -0.396 e. The lowest BCUT2D eigenvalue weighted by Crippen LogP contribution is -2.44. The number of tetrazole rings is 1. The molecule has 1 atom stereocenters. The van der Waals surface area contributed by atoms with Gasteiger partial charge in [0.05, 0.1) is 12.1 Å². The Balaban J connectivity index is 1.65. The summed E-state index contributed by atoms with van der Waals surface area (Å²) in [4.78, 5) is 14.5. The third-order valence-corrected chi connectivity index (χ3v) is 4.32. The number of benzene rings is 1. The molecule has 0 spiro atoms. The first kappa shape index (κ1) is 15.6. The molecule has 1 aliphatic rings. The highest BCUT2D eigenvalue weighted by Crippen LogP contribution is 2.21. The predicted molar refractivity (Wildman–Crippen MR) is 83.9 cm³/mol. The molecule has 1 aliphatic heterocycles. The van der Waals surface area contributed by atoms with Crippen LogP contribution in [0.2, 0.25) is 0 Å². The van der Waals surface area contributed by atoms with E-state index in [9.17, 15) is 9.90 Å². The fraction of sp³-hybridized carbons (Fsp3) is 0.500. The number of hydrogen-bond acceptors (Lipinski definition) is 5. The molecule has 3 rings (SSSR count). The van der Waals surface area contributed by atoms with E-state index in [0.29, 0.717) is 12.8 Å². The number of aliphatic hydroxyl groups is 1. The summed E-state index contributed by atoms with van der Waals surface area (Å²) in [5.41, 5.74) is 1.84. The lowest BCUT2D eigenvalue weighted by Gasteiger charge is -2.35. The summed E-state index contributed by atoms with van der Waals surface area (Å²) in [7, 11) is 0. The first-order valence-corrected chi connectivity index (χ1v) is 8.00. The van der Waals surface area contributed by atoms with Crippen molar-refractivity contribution in [2.24, 2.45) is 0 Å². The quantitative estimate of drug-likeness (QED) is 0.889. The number of piperidine rings is 1. The van der Waals surface area contributed by atoms with Crippen molar-refractivity contribution in [1.29, 1.82) is 0 Å². The molecule has 2 aromatic rings. The molecule has 7 heteroatoms. The van der Waals surface area contributed by atoms with Gasteiger partial charge in [0, 0.05) is 19.2 Å². The van der Waals surface area contributed by atoms with Crippen molar-refractivity contribution >= 4 is 5.91 Å². The van der Waals surface area contributed by atoms with Gasteiger partial charge in [-0.15, -0.1) is 5.10 Å². The van der Waals surface area contributed by atoms with Crippen LogP contribution in [0.1, 0.15) is 31.2 Å². The van der Waals surface area contributed by atoms with E-state index in [4.69, 9.17) is 0 Å². The minimum atomic E-state index is 0.134. The predicted octanol–water partition coefficient (Wildman–Crippen LogP) is 0.968. The van der Waals surface area contributed by atoms with Gasteiger partial charge in [-0.25, -0.2) is 4.68 Å². The SMILES string of the molecule is O=C(Cc1ccc(-n2cnnn2)cc1)N1CCCCC1CCO. The number of aliphatic hydroxyl groups excluding tert-OH is 1. The van der Waals surface area contributed by atoms with Crippen LogP contribution >= 0.6 is 0 Å². The summed E-state index contributed by atoms with van der Waals surface area (Å²) in [6.07, 6.45) is 5.76. The standard InChI is InChI=1S/C16H21N5O2/c22-10-8-14-3-1-2-9-20(14)16(23)11-13-4-6-15(7-5-13)21-12-17-18-19-21/h4-7,12,14,22H,1-3,8-11H2. The van der Waals surface area contributed by atoms with Crippen molar-refractivity contribution in [3.8, 4) is 5.69 Å². The van der Waals surface area contributed by atoms with Crippen LogP contribution < -0.4 is 0 Å². The van der Waals surface area contributed by atoms with Gasteiger partial charge in [0.1, 0.15) is 6.33 Å². The van der Waals surface area contributed by atoms with Crippen LogP contribution in [-0.2, 0) is 11.2 Å². The van der Waals surface area contributed by atoms with Gasteiger partial charge >= 0.3 is 0 Å². The van der Waals surface area contributed by atoms with Crippen LogP contribution in [0, 0.1) is 0 Å². The highest BCUT2D eigenvalue weighted by Gasteiger charge is 2.25. The van der Waals surface area contributed by atoms with E-state index in [-0.39, 0.29) is 18.6 Å². The Labute approximate surface area is 134 Å². The monoisotopic (exact) mass is 315 g/mol. The Bertz CT molecular complexity index is 624. The van der Waals surface area contributed by atoms with Gasteiger partial charge in [0.15, 0.2) is 0 Å². The third-order valence-electron chi connectivity index (χ3n) is 4.32. The topological polar surface area (TPSA) is 84.1 Å². The summed E-state index contributed by atoms with van der Waals surface area (Å²) < 4.78 is 1.58. The minimum absolute atomic E-state index is 0.134. The first-order chi connectivity index (χ1) is 11.3. The average Bonchev–Trinajstić information content (AvgIpc) is 3.11. The molecule has 1 aromatic heterocycles. The van der Waals surface area contributed by atoms with Crippen LogP contribution in [0.5, 0.6) is 0 Å². The third kappa shape index (κ3) is 3.73. The molecule has 0 aliphatic carbocycles. The molecular weight excluding hydrogens is 294 g/mol. The van der Waals surface area contributed by atoms with E-state index < -0.39 is 0 Å². The largest absolute Gasteiger partial charge is 0.396 e. The average molecular weight is 315 g/mol. The second kappa shape index (κ2) is 7.32. The van der Waals surface area contributed by atoms with Crippen molar-refractivity contribution in [2.75, 3.05) is 13.2 Å². The normalized spacial score (nSPS) is 18.1. The number of nitrogens with zero attached hydrogens (tertiary/aromatic N) is 5. The molecule has 1 aromatic carbocycles. The Morgan fingerprint density at radius 3 is 2.78 bits per heavy atom. The Morgan fingerprint density at radius 1 is 1.26 bits per heavy atom. The van der Waals surface area contributed by atoms with Gasteiger partial charge in [-0.2, -0.15) is 0 Å². The fourth-order valence-electron chi connectivity index (χ4n) is 3.10. The van der Waals surface area contributed by atoms with E-state index in [0.717, 1.165) is 37.1 Å². The van der Waals surface area contributed by atoms with Crippen LogP contribution in [0.25, 0.3) is 5.69 Å². The molecule has 2 heterocycles. The number of likely N-dealkylation sites (tertiary alicyclic amines) is 1. The highest BCUT2D eigenvalue weighted by atomic mass is 16.3. The van der Waals surface area contributed by atoms with Crippen LogP contribution in [0.15, 0.2) is 30.6 Å². The van der Waals surface area contributed by atoms with Crippen molar-refractivity contribution < 1.29 is 9.90 Å². The fourth-order valence-corrected chi connectivity index (χ4v) is 3.10. The zero-order chi connectivity index (χ0) is 16.1. The summed E-state index contributed by atoms with van der Waals surface area (Å²) in [6.45, 7) is 0.932. The van der Waals surface area contributed by atoms with Gasteiger partial charge in [-0.3, -0.25) is 4.79 Å².